The molecule has 1 unspecified atom stereocenters. The van der Waals surface area contributed by atoms with Crippen LogP contribution in [-0.4, -0.2) is 11.1 Å². The minimum Gasteiger partial charge on any atom is -0.475 e. The van der Waals surface area contributed by atoms with E-state index in [0.29, 0.717) is 5.88 Å². The van der Waals surface area contributed by atoms with Gasteiger partial charge in [0.05, 0.1) is 11.6 Å². The zero-order valence-electron chi connectivity index (χ0n) is 10.3. The Balaban J connectivity index is 2.23. The third-order valence-corrected chi connectivity index (χ3v) is 2.70. The maximum atomic E-state index is 5.75. The molecule has 0 aliphatic carbocycles. The smallest absolute Gasteiger partial charge is 0.214 e. The number of anilines is 1. The Morgan fingerprint density at radius 3 is 2.88 bits per heavy atom. The van der Waals surface area contributed by atoms with E-state index < -0.39 is 0 Å². The fourth-order valence-corrected chi connectivity index (χ4v) is 1.86. The number of nitrogen functional groups attached to an aromatic ring is 1. The van der Waals surface area contributed by atoms with Crippen molar-refractivity contribution >= 4 is 16.6 Å². The van der Waals surface area contributed by atoms with Gasteiger partial charge >= 0.3 is 0 Å². The highest BCUT2D eigenvalue weighted by Crippen LogP contribution is 2.20. The van der Waals surface area contributed by atoms with Gasteiger partial charge in [0.1, 0.15) is 0 Å². The number of hydrogen-bond acceptors (Lipinski definition) is 3. The molecule has 0 spiro atoms. The molecule has 1 aromatic heterocycles. The topological polar surface area (TPSA) is 48.1 Å². The molecule has 17 heavy (non-hydrogen) atoms. The number of hydrogen-bond donors (Lipinski definition) is 1. The molecule has 0 bridgehead atoms. The molecule has 2 rings (SSSR count). The van der Waals surface area contributed by atoms with Crippen LogP contribution in [0.25, 0.3) is 10.9 Å². The van der Waals surface area contributed by atoms with Crippen LogP contribution in [0.15, 0.2) is 30.3 Å². The second kappa shape index (κ2) is 5.04. The Labute approximate surface area is 102 Å². The van der Waals surface area contributed by atoms with E-state index in [-0.39, 0.29) is 6.10 Å². The lowest BCUT2D eigenvalue weighted by Crippen LogP contribution is -2.11. The van der Waals surface area contributed by atoms with E-state index in [2.05, 4.69) is 18.8 Å². The van der Waals surface area contributed by atoms with Gasteiger partial charge in [-0.05, 0) is 37.6 Å². The molecule has 1 aromatic carbocycles. The Morgan fingerprint density at radius 2 is 2.12 bits per heavy atom. The van der Waals surface area contributed by atoms with Crippen molar-refractivity contribution in [1.29, 1.82) is 0 Å². The molecule has 0 saturated carbocycles. The number of nitrogens with two attached hydrogens (primary N) is 1. The van der Waals surface area contributed by atoms with Gasteiger partial charge in [0.25, 0.3) is 0 Å². The summed E-state index contributed by atoms with van der Waals surface area (Å²) in [5.41, 5.74) is 7.40. The molecule has 0 aliphatic rings. The zero-order valence-corrected chi connectivity index (χ0v) is 10.3. The van der Waals surface area contributed by atoms with Crippen molar-refractivity contribution in [3.63, 3.8) is 0 Å². The number of ether oxygens (including phenoxy) is 1. The highest BCUT2D eigenvalue weighted by molar-refractivity contribution is 5.82. The second-order valence-corrected chi connectivity index (χ2v) is 4.32. The quantitative estimate of drug-likeness (QED) is 0.819. The monoisotopic (exact) mass is 230 g/mol. The first-order chi connectivity index (χ1) is 8.19. The van der Waals surface area contributed by atoms with Crippen LogP contribution in [0.1, 0.15) is 26.7 Å². The number of rotatable bonds is 4. The van der Waals surface area contributed by atoms with Crippen LogP contribution in [-0.2, 0) is 0 Å². The number of aromatic nitrogens is 1. The summed E-state index contributed by atoms with van der Waals surface area (Å²) in [6.07, 6.45) is 2.37. The molecule has 90 valence electrons. The van der Waals surface area contributed by atoms with Crippen molar-refractivity contribution in [3.8, 4) is 5.88 Å². The van der Waals surface area contributed by atoms with E-state index in [0.717, 1.165) is 29.4 Å². The molecular formula is C14H18N2O. The van der Waals surface area contributed by atoms with Gasteiger partial charge in [0.15, 0.2) is 0 Å². The largest absolute Gasteiger partial charge is 0.475 e. The Hall–Kier alpha value is -1.77. The van der Waals surface area contributed by atoms with E-state index in [1.807, 2.05) is 30.3 Å². The van der Waals surface area contributed by atoms with Crippen LogP contribution in [0.3, 0.4) is 0 Å². The maximum Gasteiger partial charge on any atom is 0.214 e. The summed E-state index contributed by atoms with van der Waals surface area (Å²) in [5, 5.41) is 1.04. The van der Waals surface area contributed by atoms with Crippen LogP contribution < -0.4 is 10.5 Å². The molecule has 0 radical (unpaired) electrons. The third-order valence-electron chi connectivity index (χ3n) is 2.70. The van der Waals surface area contributed by atoms with Crippen molar-refractivity contribution < 1.29 is 4.74 Å². The second-order valence-electron chi connectivity index (χ2n) is 4.32. The summed E-state index contributed by atoms with van der Waals surface area (Å²) in [7, 11) is 0. The predicted octanol–water partition coefficient (Wildman–Crippen LogP) is 3.38. The van der Waals surface area contributed by atoms with Crippen molar-refractivity contribution in [3.05, 3.63) is 30.3 Å². The Bertz CT molecular complexity index is 511. The Kier molecular flexibility index (Phi) is 3.47. The fraction of sp³-hybridized carbons (Fsp3) is 0.357. The highest BCUT2D eigenvalue weighted by Gasteiger charge is 2.04. The third kappa shape index (κ3) is 2.87. The van der Waals surface area contributed by atoms with Gasteiger partial charge < -0.3 is 10.5 Å². The van der Waals surface area contributed by atoms with Crippen LogP contribution in [0, 0.1) is 0 Å². The van der Waals surface area contributed by atoms with Gasteiger partial charge in [-0.2, -0.15) is 0 Å². The van der Waals surface area contributed by atoms with Crippen LogP contribution in [0.5, 0.6) is 5.88 Å². The van der Waals surface area contributed by atoms with Crippen molar-refractivity contribution in [2.24, 2.45) is 0 Å². The molecular weight excluding hydrogens is 212 g/mol. The van der Waals surface area contributed by atoms with E-state index >= 15 is 0 Å². The zero-order chi connectivity index (χ0) is 12.3. The summed E-state index contributed by atoms with van der Waals surface area (Å²) >= 11 is 0. The molecule has 3 heteroatoms. The van der Waals surface area contributed by atoms with E-state index in [4.69, 9.17) is 10.5 Å². The fourth-order valence-electron chi connectivity index (χ4n) is 1.86. The SMILES string of the molecule is CCCC(C)Oc1ccc2cc(N)ccc2n1. The molecule has 1 atom stereocenters. The van der Waals surface area contributed by atoms with Gasteiger partial charge in [0, 0.05) is 17.1 Å². The summed E-state index contributed by atoms with van der Waals surface area (Å²) < 4.78 is 5.75. The van der Waals surface area contributed by atoms with Crippen molar-refractivity contribution in [2.45, 2.75) is 32.8 Å². The number of fused-ring (bicyclic) bond motifs is 1. The maximum absolute atomic E-state index is 5.75. The summed E-state index contributed by atoms with van der Waals surface area (Å²) in [6, 6.07) is 9.58. The first-order valence-corrected chi connectivity index (χ1v) is 6.02. The molecule has 0 fully saturated rings. The molecule has 2 aromatic rings. The van der Waals surface area contributed by atoms with Crippen molar-refractivity contribution in [2.75, 3.05) is 5.73 Å². The molecule has 3 nitrogen and oxygen atoms in total. The summed E-state index contributed by atoms with van der Waals surface area (Å²) in [4.78, 5) is 4.46. The molecule has 2 N–H and O–H groups in total. The molecule has 1 heterocycles. The average molecular weight is 230 g/mol. The number of pyridine rings is 1. The Morgan fingerprint density at radius 1 is 1.29 bits per heavy atom. The number of benzene rings is 1. The van der Waals surface area contributed by atoms with Gasteiger partial charge in [-0.3, -0.25) is 0 Å². The van der Waals surface area contributed by atoms with Crippen LogP contribution in [0.4, 0.5) is 5.69 Å². The van der Waals surface area contributed by atoms with E-state index in [9.17, 15) is 0 Å². The van der Waals surface area contributed by atoms with Gasteiger partial charge in [0.2, 0.25) is 5.88 Å². The molecule has 0 saturated heterocycles. The first-order valence-electron chi connectivity index (χ1n) is 6.02. The molecule has 0 aliphatic heterocycles. The summed E-state index contributed by atoms with van der Waals surface area (Å²) in [5.74, 6) is 0.684. The van der Waals surface area contributed by atoms with Crippen LogP contribution in [0.2, 0.25) is 0 Å². The molecule has 0 amide bonds. The van der Waals surface area contributed by atoms with Gasteiger partial charge in [-0.1, -0.05) is 13.3 Å². The van der Waals surface area contributed by atoms with Gasteiger partial charge in [-0.15, -0.1) is 0 Å². The van der Waals surface area contributed by atoms with E-state index in [1.54, 1.807) is 0 Å². The number of nitrogens with zero attached hydrogens (tertiary/aromatic N) is 1. The van der Waals surface area contributed by atoms with Gasteiger partial charge in [-0.25, -0.2) is 4.98 Å². The normalized spacial score (nSPS) is 12.6. The van der Waals surface area contributed by atoms with Crippen molar-refractivity contribution in [1.82, 2.24) is 4.98 Å². The lowest BCUT2D eigenvalue weighted by Gasteiger charge is -2.13. The average Bonchev–Trinajstić information content (AvgIpc) is 2.29. The summed E-state index contributed by atoms with van der Waals surface area (Å²) in [6.45, 7) is 4.22. The van der Waals surface area contributed by atoms with E-state index in [1.165, 1.54) is 0 Å². The first kappa shape index (κ1) is 11.7. The predicted molar refractivity (Wildman–Crippen MR) is 71.2 cm³/mol. The standard InChI is InChI=1S/C14H18N2O/c1-3-4-10(2)17-14-8-5-11-9-12(15)6-7-13(11)16-14/h5-10H,3-4,15H2,1-2H3. The highest BCUT2D eigenvalue weighted by atomic mass is 16.5. The minimum atomic E-state index is 0.207. The van der Waals surface area contributed by atoms with Crippen LogP contribution >= 0.6 is 0 Å². The lowest BCUT2D eigenvalue weighted by atomic mass is 10.2. The lowest BCUT2D eigenvalue weighted by molar-refractivity contribution is 0.202. The minimum absolute atomic E-state index is 0.207.